The molecule has 1 saturated carbocycles. The second kappa shape index (κ2) is 7.51. The summed E-state index contributed by atoms with van der Waals surface area (Å²) in [7, 11) is 0. The van der Waals surface area contributed by atoms with Crippen molar-refractivity contribution in [1.29, 1.82) is 0 Å². The van der Waals surface area contributed by atoms with Crippen molar-refractivity contribution in [2.45, 2.75) is 65.2 Å². The van der Waals surface area contributed by atoms with E-state index < -0.39 is 0 Å². The largest absolute Gasteiger partial charge is 0.260 e. The van der Waals surface area contributed by atoms with Gasteiger partial charge in [0.1, 0.15) is 0 Å². The molecule has 1 aliphatic carbocycles. The molecular weight excluding hydrogens is 304 g/mol. The molecule has 0 radical (unpaired) electrons. The van der Waals surface area contributed by atoms with Crippen LogP contribution in [0.25, 0.3) is 0 Å². The van der Waals surface area contributed by atoms with Crippen LogP contribution >= 0.6 is 0 Å². The number of aliphatic imine (C=N–C) groups is 2. The number of hydrogen-bond acceptors (Lipinski definition) is 2. The van der Waals surface area contributed by atoms with E-state index in [0.29, 0.717) is 0 Å². The van der Waals surface area contributed by atoms with Crippen molar-refractivity contribution in [3.05, 3.63) is 59.9 Å². The summed E-state index contributed by atoms with van der Waals surface area (Å²) in [5.41, 5.74) is 5.88. The van der Waals surface area contributed by atoms with Crippen LogP contribution in [0.4, 0.5) is 0 Å². The molecule has 0 spiro atoms. The molecule has 132 valence electrons. The molecule has 3 rings (SSSR count). The Hall–Kier alpha value is -1.96. The van der Waals surface area contributed by atoms with Gasteiger partial charge in [-0.3, -0.25) is 9.98 Å². The Morgan fingerprint density at radius 3 is 2.40 bits per heavy atom. The summed E-state index contributed by atoms with van der Waals surface area (Å²) in [6.07, 6.45) is 11.4. The summed E-state index contributed by atoms with van der Waals surface area (Å²) in [6.45, 7) is 10.3. The number of allylic oxidation sites excluding steroid dienone is 2. The molecule has 1 fully saturated rings. The highest BCUT2D eigenvalue weighted by atomic mass is 14.9. The van der Waals surface area contributed by atoms with Crippen molar-refractivity contribution in [3.63, 3.8) is 0 Å². The highest BCUT2D eigenvalue weighted by Crippen LogP contribution is 2.36. The van der Waals surface area contributed by atoms with Gasteiger partial charge in [-0.15, -0.1) is 0 Å². The first-order valence-corrected chi connectivity index (χ1v) is 9.59. The third kappa shape index (κ3) is 3.84. The van der Waals surface area contributed by atoms with Crippen LogP contribution < -0.4 is 0 Å². The summed E-state index contributed by atoms with van der Waals surface area (Å²) < 4.78 is 0. The minimum atomic E-state index is -0.0271. The normalized spacial score (nSPS) is 24.4. The molecule has 0 aromatic heterocycles. The summed E-state index contributed by atoms with van der Waals surface area (Å²) in [5, 5.41) is 0. The number of nitrogens with zero attached hydrogens (tertiary/aromatic N) is 2. The van der Waals surface area contributed by atoms with Crippen LogP contribution in [0.2, 0.25) is 0 Å². The lowest BCUT2D eigenvalue weighted by atomic mass is 9.75. The highest BCUT2D eigenvalue weighted by Gasteiger charge is 2.33. The molecule has 0 N–H and O–H groups in total. The van der Waals surface area contributed by atoms with Crippen LogP contribution in [0.5, 0.6) is 0 Å². The van der Waals surface area contributed by atoms with Crippen molar-refractivity contribution in [2.75, 3.05) is 0 Å². The molecule has 2 aliphatic rings. The van der Waals surface area contributed by atoms with Crippen LogP contribution in [0.3, 0.4) is 0 Å². The average molecular weight is 335 g/mol. The van der Waals surface area contributed by atoms with E-state index in [2.05, 4.69) is 49.7 Å². The maximum atomic E-state index is 4.96. The quantitative estimate of drug-likeness (QED) is 0.607. The first kappa shape index (κ1) is 17.8. The Labute approximate surface area is 152 Å². The van der Waals surface area contributed by atoms with Crippen molar-refractivity contribution >= 4 is 11.4 Å². The highest BCUT2D eigenvalue weighted by molar-refractivity contribution is 6.15. The van der Waals surface area contributed by atoms with E-state index in [-0.39, 0.29) is 5.41 Å². The molecule has 0 amide bonds. The van der Waals surface area contributed by atoms with Crippen molar-refractivity contribution in [3.8, 4) is 0 Å². The predicted octanol–water partition coefficient (Wildman–Crippen LogP) is 6.44. The van der Waals surface area contributed by atoms with Gasteiger partial charge in [-0.25, -0.2) is 0 Å². The topological polar surface area (TPSA) is 24.7 Å². The maximum Gasteiger partial charge on any atom is 0.0805 e. The van der Waals surface area contributed by atoms with E-state index in [4.69, 9.17) is 4.99 Å². The third-order valence-corrected chi connectivity index (χ3v) is 5.56. The van der Waals surface area contributed by atoms with Crippen LogP contribution in [0, 0.1) is 5.41 Å². The molecule has 0 atom stereocenters. The minimum Gasteiger partial charge on any atom is -0.260 e. The molecule has 2 heteroatoms. The molecule has 1 heterocycles. The molecule has 1 aromatic rings. The van der Waals surface area contributed by atoms with Gasteiger partial charge < -0.3 is 0 Å². The zero-order valence-electron chi connectivity index (χ0n) is 15.9. The van der Waals surface area contributed by atoms with Gasteiger partial charge in [0.05, 0.1) is 17.1 Å². The average Bonchev–Trinajstić information content (AvgIpc) is 2.62. The Bertz CT molecular complexity index is 711. The van der Waals surface area contributed by atoms with E-state index in [1.807, 2.05) is 13.0 Å². The molecule has 25 heavy (non-hydrogen) atoms. The smallest absolute Gasteiger partial charge is 0.0805 e. The summed E-state index contributed by atoms with van der Waals surface area (Å²) >= 11 is 0. The zero-order chi connectivity index (χ0) is 17.9. The Morgan fingerprint density at radius 1 is 1.12 bits per heavy atom. The summed E-state index contributed by atoms with van der Waals surface area (Å²) in [4.78, 5) is 9.40. The van der Waals surface area contributed by atoms with Gasteiger partial charge >= 0.3 is 0 Å². The first-order chi connectivity index (χ1) is 12.0. The van der Waals surface area contributed by atoms with E-state index >= 15 is 0 Å². The van der Waals surface area contributed by atoms with E-state index in [9.17, 15) is 0 Å². The van der Waals surface area contributed by atoms with Gasteiger partial charge in [0.25, 0.3) is 0 Å². The third-order valence-electron chi connectivity index (χ3n) is 5.56. The van der Waals surface area contributed by atoms with Crippen LogP contribution in [-0.4, -0.2) is 11.4 Å². The SMILES string of the molecule is C=CN=C1CC(C)(C)C(c2ccc(C3CCCCC3)cc2)=N/C1=C/C. The molecule has 1 aromatic carbocycles. The minimum absolute atomic E-state index is 0.0271. The monoisotopic (exact) mass is 334 g/mol. The molecule has 0 unspecified atom stereocenters. The molecule has 2 nitrogen and oxygen atoms in total. The Kier molecular flexibility index (Phi) is 5.36. The maximum absolute atomic E-state index is 4.96. The fourth-order valence-electron chi connectivity index (χ4n) is 4.19. The lowest BCUT2D eigenvalue weighted by Gasteiger charge is -2.32. The van der Waals surface area contributed by atoms with Gasteiger partial charge in [0.2, 0.25) is 0 Å². The summed E-state index contributed by atoms with van der Waals surface area (Å²) in [6, 6.07) is 9.19. The van der Waals surface area contributed by atoms with E-state index in [1.165, 1.54) is 48.9 Å². The van der Waals surface area contributed by atoms with Gasteiger partial charge in [-0.1, -0.05) is 70.0 Å². The Balaban J connectivity index is 1.91. The van der Waals surface area contributed by atoms with E-state index in [1.54, 1.807) is 6.20 Å². The second-order valence-corrected chi connectivity index (χ2v) is 7.91. The fourth-order valence-corrected chi connectivity index (χ4v) is 4.19. The van der Waals surface area contributed by atoms with Crippen molar-refractivity contribution in [1.82, 2.24) is 0 Å². The summed E-state index contributed by atoms with van der Waals surface area (Å²) in [5.74, 6) is 0.751. The Morgan fingerprint density at radius 2 is 1.80 bits per heavy atom. The van der Waals surface area contributed by atoms with Gasteiger partial charge in [-0.05, 0) is 36.8 Å². The van der Waals surface area contributed by atoms with Crippen LogP contribution in [0.15, 0.2) is 58.8 Å². The molecule has 0 bridgehead atoms. The van der Waals surface area contributed by atoms with E-state index in [0.717, 1.165) is 23.7 Å². The zero-order valence-corrected chi connectivity index (χ0v) is 15.9. The van der Waals surface area contributed by atoms with Crippen LogP contribution in [-0.2, 0) is 0 Å². The second-order valence-electron chi connectivity index (χ2n) is 7.91. The molecule has 0 saturated heterocycles. The standard InChI is InChI=1S/C23H30N2/c1-5-20-21(24-6-2)16-23(3,4)22(25-20)19-14-12-18(13-15-19)17-10-8-7-9-11-17/h5-6,12-15,17H,2,7-11,16H2,1,3-4H3/b20-5+,24-21?. The van der Waals surface area contributed by atoms with Gasteiger partial charge in [-0.2, -0.15) is 0 Å². The molecule has 1 aliphatic heterocycles. The lowest BCUT2D eigenvalue weighted by molar-refractivity contribution is 0.443. The lowest BCUT2D eigenvalue weighted by Crippen LogP contribution is -2.33. The first-order valence-electron chi connectivity index (χ1n) is 9.59. The number of hydrogen-bond donors (Lipinski definition) is 0. The fraction of sp³-hybridized carbons (Fsp3) is 0.478. The van der Waals surface area contributed by atoms with Gasteiger partial charge in [0.15, 0.2) is 0 Å². The number of rotatable bonds is 3. The number of benzene rings is 1. The van der Waals surface area contributed by atoms with Crippen LogP contribution in [0.1, 0.15) is 76.3 Å². The van der Waals surface area contributed by atoms with Crippen molar-refractivity contribution in [2.24, 2.45) is 15.4 Å². The van der Waals surface area contributed by atoms with Crippen molar-refractivity contribution < 1.29 is 0 Å². The molecular formula is C23H30N2. The predicted molar refractivity (Wildman–Crippen MR) is 109 cm³/mol. The van der Waals surface area contributed by atoms with Gasteiger partial charge in [0, 0.05) is 18.0 Å².